The number of hydrogen-bond acceptors (Lipinski definition) is 1. The molecule has 13 aromatic rings. The Balaban J connectivity index is 0.815. The molecule has 14 rings (SSSR count). The monoisotopic (exact) mass is 982 g/mol. The molecule has 0 aliphatic heterocycles. The van der Waals surface area contributed by atoms with Crippen LogP contribution in [0.3, 0.4) is 0 Å². The molecule has 1 aliphatic carbocycles. The average Bonchev–Trinajstić information content (AvgIpc) is 3.99. The van der Waals surface area contributed by atoms with E-state index in [0.29, 0.717) is 0 Å². The Kier molecular flexibility index (Phi) is 11.2. The molecule has 364 valence electrons. The van der Waals surface area contributed by atoms with E-state index >= 15 is 0 Å². The molecule has 0 amide bonds. The van der Waals surface area contributed by atoms with E-state index in [-0.39, 0.29) is 5.41 Å². The van der Waals surface area contributed by atoms with Crippen molar-refractivity contribution in [2.45, 2.75) is 19.3 Å². The first-order valence-electron chi connectivity index (χ1n) is 26.7. The van der Waals surface area contributed by atoms with Crippen LogP contribution in [-0.4, -0.2) is 4.57 Å². The third-order valence-electron chi connectivity index (χ3n) is 16.0. The predicted molar refractivity (Wildman–Crippen MR) is 326 cm³/mol. The molecule has 0 saturated carbocycles. The molecule has 0 fully saturated rings. The molecule has 2 heteroatoms. The summed E-state index contributed by atoms with van der Waals surface area (Å²) in [6, 6.07) is 107. The van der Waals surface area contributed by atoms with Crippen molar-refractivity contribution in [2.75, 3.05) is 4.90 Å². The molecular formula is C75H54N2. The predicted octanol–water partition coefficient (Wildman–Crippen LogP) is 20.6. The average molecular weight is 983 g/mol. The maximum absolute atomic E-state index is 2.49. The van der Waals surface area contributed by atoms with Crippen molar-refractivity contribution in [3.05, 3.63) is 302 Å². The molecule has 0 spiro atoms. The molecule has 1 heterocycles. The first kappa shape index (κ1) is 45.8. The highest BCUT2D eigenvalue weighted by Gasteiger charge is 2.36. The van der Waals surface area contributed by atoms with E-state index < -0.39 is 0 Å². The van der Waals surface area contributed by atoms with Gasteiger partial charge in [-0.2, -0.15) is 0 Å². The van der Waals surface area contributed by atoms with Gasteiger partial charge in [0.25, 0.3) is 0 Å². The van der Waals surface area contributed by atoms with E-state index in [9.17, 15) is 0 Å². The van der Waals surface area contributed by atoms with E-state index in [1.54, 1.807) is 0 Å². The van der Waals surface area contributed by atoms with E-state index in [2.05, 4.69) is 315 Å². The van der Waals surface area contributed by atoms with Crippen LogP contribution in [0.2, 0.25) is 0 Å². The second-order valence-electron chi connectivity index (χ2n) is 20.9. The van der Waals surface area contributed by atoms with Gasteiger partial charge in [0.15, 0.2) is 0 Å². The second kappa shape index (κ2) is 18.9. The topological polar surface area (TPSA) is 8.17 Å². The Bertz CT molecular complexity index is 4130. The number of para-hydroxylation sites is 1. The van der Waals surface area contributed by atoms with Gasteiger partial charge in [0.05, 0.1) is 16.7 Å². The highest BCUT2D eigenvalue weighted by Crippen LogP contribution is 2.53. The Morgan fingerprint density at radius 3 is 1.16 bits per heavy atom. The molecule has 1 aliphatic rings. The molecule has 77 heavy (non-hydrogen) atoms. The van der Waals surface area contributed by atoms with Crippen LogP contribution in [0.1, 0.15) is 25.0 Å². The van der Waals surface area contributed by atoms with Crippen molar-refractivity contribution in [1.82, 2.24) is 4.57 Å². The van der Waals surface area contributed by atoms with Crippen LogP contribution >= 0.6 is 0 Å². The van der Waals surface area contributed by atoms with E-state index in [1.807, 2.05) is 0 Å². The van der Waals surface area contributed by atoms with Crippen LogP contribution in [0.25, 0.3) is 105 Å². The lowest BCUT2D eigenvalue weighted by Gasteiger charge is -2.32. The first-order chi connectivity index (χ1) is 37.9. The lowest BCUT2D eigenvalue weighted by atomic mass is 9.82. The van der Waals surface area contributed by atoms with Gasteiger partial charge >= 0.3 is 0 Å². The summed E-state index contributed by atoms with van der Waals surface area (Å²) < 4.78 is 2.42. The number of aromatic nitrogens is 1. The number of rotatable bonds is 10. The highest BCUT2D eigenvalue weighted by molar-refractivity contribution is 6.12. The fraction of sp³-hybridized carbons (Fsp3) is 0.0400. The van der Waals surface area contributed by atoms with Crippen molar-refractivity contribution >= 4 is 38.9 Å². The van der Waals surface area contributed by atoms with Crippen molar-refractivity contribution in [3.8, 4) is 83.6 Å². The van der Waals surface area contributed by atoms with E-state index in [0.717, 1.165) is 28.3 Å². The summed E-state index contributed by atoms with van der Waals surface area (Å²) in [5.74, 6) is 0. The number of benzene rings is 12. The van der Waals surface area contributed by atoms with Gasteiger partial charge in [0.2, 0.25) is 0 Å². The van der Waals surface area contributed by atoms with Gasteiger partial charge in [-0.25, -0.2) is 0 Å². The minimum Gasteiger partial charge on any atom is -0.309 e. The lowest BCUT2D eigenvalue weighted by Crippen LogP contribution is -2.17. The molecule has 2 nitrogen and oxygen atoms in total. The largest absolute Gasteiger partial charge is 0.309 e. The molecule has 1 aromatic heterocycles. The Morgan fingerprint density at radius 1 is 0.273 bits per heavy atom. The van der Waals surface area contributed by atoms with Gasteiger partial charge in [0.1, 0.15) is 0 Å². The van der Waals surface area contributed by atoms with Crippen LogP contribution in [0.4, 0.5) is 17.1 Å². The summed E-state index contributed by atoms with van der Waals surface area (Å²) in [4.78, 5) is 2.49. The van der Waals surface area contributed by atoms with Crippen LogP contribution in [-0.2, 0) is 5.41 Å². The Morgan fingerprint density at radius 2 is 0.649 bits per heavy atom. The number of anilines is 3. The number of nitrogens with zero attached hydrogens (tertiary/aromatic N) is 2. The molecule has 0 atom stereocenters. The zero-order valence-corrected chi connectivity index (χ0v) is 43.1. The van der Waals surface area contributed by atoms with Crippen molar-refractivity contribution in [2.24, 2.45) is 0 Å². The third kappa shape index (κ3) is 8.05. The minimum atomic E-state index is -0.152. The minimum absolute atomic E-state index is 0.152. The zero-order valence-electron chi connectivity index (χ0n) is 43.1. The smallest absolute Gasteiger partial charge is 0.0618 e. The van der Waals surface area contributed by atoms with Gasteiger partial charge in [-0.1, -0.05) is 244 Å². The molecule has 0 bridgehead atoms. The SMILES string of the molecule is CC1(C)c2ccccc2-c2ccc(N(c3ccc(-c4ccc(-c5ccc(-n6c7ccc(-c8ccccc8)cc7c7cc(-c8ccccc8)ccc76)cc5)cc4)cc3)c3c(-c4ccccc4)cccc3-c3ccccc3)cc21. The molecule has 0 saturated heterocycles. The van der Waals surface area contributed by atoms with Gasteiger partial charge in [-0.05, 0) is 139 Å². The number of fused-ring (bicyclic) bond motifs is 6. The molecule has 0 N–H and O–H groups in total. The molecule has 0 unspecified atom stereocenters. The van der Waals surface area contributed by atoms with Gasteiger partial charge in [-0.15, -0.1) is 0 Å². The highest BCUT2D eigenvalue weighted by atomic mass is 15.1. The van der Waals surface area contributed by atoms with Crippen molar-refractivity contribution in [1.29, 1.82) is 0 Å². The summed E-state index contributed by atoms with van der Waals surface area (Å²) in [5.41, 5.74) is 26.3. The molecular weight excluding hydrogens is 929 g/mol. The summed E-state index contributed by atoms with van der Waals surface area (Å²) in [6.45, 7) is 4.73. The quantitative estimate of drug-likeness (QED) is 0.133. The van der Waals surface area contributed by atoms with Gasteiger partial charge < -0.3 is 9.47 Å². The second-order valence-corrected chi connectivity index (χ2v) is 20.9. The van der Waals surface area contributed by atoms with Crippen molar-refractivity contribution in [3.63, 3.8) is 0 Å². The first-order valence-corrected chi connectivity index (χ1v) is 26.7. The van der Waals surface area contributed by atoms with E-state index in [1.165, 1.54) is 105 Å². The third-order valence-corrected chi connectivity index (χ3v) is 16.0. The zero-order chi connectivity index (χ0) is 51.5. The Hall–Kier alpha value is -9.76. The molecule has 12 aromatic carbocycles. The van der Waals surface area contributed by atoms with Crippen molar-refractivity contribution < 1.29 is 0 Å². The molecule has 0 radical (unpaired) electrons. The van der Waals surface area contributed by atoms with Crippen LogP contribution in [0.5, 0.6) is 0 Å². The summed E-state index contributed by atoms with van der Waals surface area (Å²) >= 11 is 0. The lowest BCUT2D eigenvalue weighted by molar-refractivity contribution is 0.660. The maximum Gasteiger partial charge on any atom is 0.0618 e. The summed E-state index contributed by atoms with van der Waals surface area (Å²) in [6.07, 6.45) is 0. The van der Waals surface area contributed by atoms with Crippen LogP contribution in [0.15, 0.2) is 291 Å². The standard InChI is InChI=1S/C75H54N2/c1-75(2)70-29-16-15-26-66(70)67-45-44-63(50-71(67)75)76(74-64(57-22-11-5-12-23-57)27-17-28-65(74)58-24-13-6-14-25-58)61-40-34-55(35-41-61)53-30-32-54(33-31-53)56-36-42-62(43-37-56)77-72-46-38-59(51-18-7-3-8-19-51)48-68(72)69-49-60(39-47-73(69)77)52-20-9-4-10-21-52/h3-50H,1-2H3. The van der Waals surface area contributed by atoms with Crippen LogP contribution < -0.4 is 4.90 Å². The summed E-state index contributed by atoms with van der Waals surface area (Å²) in [5, 5.41) is 2.49. The van der Waals surface area contributed by atoms with E-state index in [4.69, 9.17) is 0 Å². The maximum atomic E-state index is 2.49. The van der Waals surface area contributed by atoms with Gasteiger partial charge in [0, 0.05) is 44.4 Å². The fourth-order valence-electron chi connectivity index (χ4n) is 12.1. The van der Waals surface area contributed by atoms with Gasteiger partial charge in [-0.3, -0.25) is 0 Å². The van der Waals surface area contributed by atoms with Crippen LogP contribution in [0, 0.1) is 0 Å². The normalized spacial score (nSPS) is 12.4. The summed E-state index contributed by atoms with van der Waals surface area (Å²) in [7, 11) is 0. The fourth-order valence-corrected chi connectivity index (χ4v) is 12.1. The number of hydrogen-bond donors (Lipinski definition) is 0. The Labute approximate surface area is 451 Å².